The van der Waals surface area contributed by atoms with Gasteiger partial charge in [-0.3, -0.25) is 4.79 Å². The third kappa shape index (κ3) is 2.27. The third-order valence-electron chi connectivity index (χ3n) is 3.04. The Labute approximate surface area is 104 Å². The van der Waals surface area contributed by atoms with E-state index in [1.165, 1.54) is 0 Å². The van der Waals surface area contributed by atoms with Gasteiger partial charge in [0.15, 0.2) is 11.5 Å². The summed E-state index contributed by atoms with van der Waals surface area (Å²) in [5.74, 6) is 1.98. The molecule has 0 saturated heterocycles. The van der Waals surface area contributed by atoms with Gasteiger partial charge in [0.2, 0.25) is 0 Å². The van der Waals surface area contributed by atoms with Crippen molar-refractivity contribution in [1.29, 1.82) is 0 Å². The number of hydrogen-bond donors (Lipinski definition) is 0. The molecule has 90 valence electrons. The molecule has 1 aliphatic heterocycles. The first-order chi connectivity index (χ1) is 8.33. The standard InChI is InChI=1S/C13H14O3S/c14-10-2-1-3-13(10)17-9-4-5-11-12(8-9)16-7-6-15-11/h4-5,8,13H,1-3,6-7H2/t13-/m1/s1. The summed E-state index contributed by atoms with van der Waals surface area (Å²) in [6, 6.07) is 5.91. The minimum absolute atomic E-state index is 0.137. The number of thioether (sulfide) groups is 1. The maximum atomic E-state index is 11.6. The van der Waals surface area contributed by atoms with Crippen molar-refractivity contribution in [3.05, 3.63) is 18.2 Å². The van der Waals surface area contributed by atoms with Crippen LogP contribution in [-0.2, 0) is 4.79 Å². The lowest BCUT2D eigenvalue weighted by molar-refractivity contribution is -0.116. The molecule has 2 aliphatic rings. The molecule has 0 aromatic heterocycles. The largest absolute Gasteiger partial charge is 0.486 e. The smallest absolute Gasteiger partial charge is 0.162 e. The maximum absolute atomic E-state index is 11.6. The van der Waals surface area contributed by atoms with Crippen LogP contribution >= 0.6 is 11.8 Å². The van der Waals surface area contributed by atoms with E-state index in [0.717, 1.165) is 35.7 Å². The highest BCUT2D eigenvalue weighted by atomic mass is 32.2. The Morgan fingerprint density at radius 1 is 1.18 bits per heavy atom. The molecule has 0 amide bonds. The van der Waals surface area contributed by atoms with E-state index < -0.39 is 0 Å². The van der Waals surface area contributed by atoms with Crippen LogP contribution in [0.25, 0.3) is 0 Å². The topological polar surface area (TPSA) is 35.5 Å². The average molecular weight is 250 g/mol. The van der Waals surface area contributed by atoms with E-state index >= 15 is 0 Å². The van der Waals surface area contributed by atoms with E-state index in [2.05, 4.69) is 0 Å². The monoisotopic (exact) mass is 250 g/mol. The summed E-state index contributed by atoms with van der Waals surface area (Å²) in [7, 11) is 0. The molecule has 3 rings (SSSR count). The van der Waals surface area contributed by atoms with Crippen LogP contribution in [-0.4, -0.2) is 24.2 Å². The van der Waals surface area contributed by atoms with Crippen molar-refractivity contribution in [1.82, 2.24) is 0 Å². The van der Waals surface area contributed by atoms with E-state index in [-0.39, 0.29) is 5.25 Å². The van der Waals surface area contributed by atoms with Crippen LogP contribution in [0.4, 0.5) is 0 Å². The van der Waals surface area contributed by atoms with Gasteiger partial charge in [0.25, 0.3) is 0 Å². The molecule has 4 heteroatoms. The van der Waals surface area contributed by atoms with Crippen molar-refractivity contribution < 1.29 is 14.3 Å². The number of carbonyl (C=O) groups is 1. The summed E-state index contributed by atoms with van der Waals surface area (Å²) in [6.07, 6.45) is 2.77. The molecule has 0 spiro atoms. The van der Waals surface area contributed by atoms with E-state index in [9.17, 15) is 4.79 Å². The number of fused-ring (bicyclic) bond motifs is 1. The van der Waals surface area contributed by atoms with Crippen LogP contribution in [0.3, 0.4) is 0 Å². The highest BCUT2D eigenvalue weighted by Crippen LogP contribution is 2.38. The van der Waals surface area contributed by atoms with Gasteiger partial charge in [-0.15, -0.1) is 11.8 Å². The first-order valence-electron chi connectivity index (χ1n) is 5.92. The molecule has 1 aromatic rings. The van der Waals surface area contributed by atoms with Crippen molar-refractivity contribution in [2.45, 2.75) is 29.4 Å². The molecular formula is C13H14O3S. The molecule has 0 N–H and O–H groups in total. The molecule has 3 nitrogen and oxygen atoms in total. The zero-order valence-corrected chi connectivity index (χ0v) is 10.3. The molecule has 1 heterocycles. The lowest BCUT2D eigenvalue weighted by Gasteiger charge is -2.19. The number of hydrogen-bond acceptors (Lipinski definition) is 4. The third-order valence-corrected chi connectivity index (χ3v) is 4.35. The lowest BCUT2D eigenvalue weighted by atomic mass is 10.3. The van der Waals surface area contributed by atoms with Crippen LogP contribution in [0, 0.1) is 0 Å². The van der Waals surface area contributed by atoms with Gasteiger partial charge in [-0.2, -0.15) is 0 Å². The second kappa shape index (κ2) is 4.61. The molecule has 1 fully saturated rings. The normalized spacial score (nSPS) is 22.8. The molecule has 0 radical (unpaired) electrons. The first-order valence-corrected chi connectivity index (χ1v) is 6.80. The Hall–Kier alpha value is -1.16. The summed E-state index contributed by atoms with van der Waals surface area (Å²) in [5, 5.41) is 0.137. The number of ether oxygens (including phenoxy) is 2. The molecular weight excluding hydrogens is 236 g/mol. The summed E-state index contributed by atoms with van der Waals surface area (Å²) < 4.78 is 11.0. The van der Waals surface area contributed by atoms with Crippen molar-refractivity contribution >= 4 is 17.5 Å². The zero-order valence-electron chi connectivity index (χ0n) is 9.48. The first kappa shape index (κ1) is 11.0. The number of benzene rings is 1. The Bertz CT molecular complexity index is 444. The Morgan fingerprint density at radius 3 is 2.76 bits per heavy atom. The number of Topliss-reactive ketones (excluding diaryl/α,β-unsaturated/α-hetero) is 1. The predicted octanol–water partition coefficient (Wildman–Crippen LogP) is 2.67. The van der Waals surface area contributed by atoms with Crippen molar-refractivity contribution in [3.8, 4) is 11.5 Å². The molecule has 1 aromatic carbocycles. The maximum Gasteiger partial charge on any atom is 0.162 e. The van der Waals surface area contributed by atoms with Crippen LogP contribution in [0.1, 0.15) is 19.3 Å². The molecule has 0 unspecified atom stereocenters. The van der Waals surface area contributed by atoms with Crippen molar-refractivity contribution in [3.63, 3.8) is 0 Å². The highest BCUT2D eigenvalue weighted by molar-refractivity contribution is 8.00. The summed E-state index contributed by atoms with van der Waals surface area (Å²) >= 11 is 1.65. The average Bonchev–Trinajstić information content (AvgIpc) is 2.75. The second-order valence-electron chi connectivity index (χ2n) is 4.27. The fraction of sp³-hybridized carbons (Fsp3) is 0.462. The highest BCUT2D eigenvalue weighted by Gasteiger charge is 2.25. The van der Waals surface area contributed by atoms with E-state index in [0.29, 0.717) is 19.0 Å². The Kier molecular flexibility index (Phi) is 2.97. The predicted molar refractivity (Wildman–Crippen MR) is 65.9 cm³/mol. The Morgan fingerprint density at radius 2 is 2.00 bits per heavy atom. The minimum atomic E-state index is 0.137. The van der Waals surface area contributed by atoms with Crippen LogP contribution in [0.5, 0.6) is 11.5 Å². The molecule has 1 atom stereocenters. The summed E-state index contributed by atoms with van der Waals surface area (Å²) in [5.41, 5.74) is 0. The number of carbonyl (C=O) groups excluding carboxylic acids is 1. The van der Waals surface area contributed by atoms with Gasteiger partial charge >= 0.3 is 0 Å². The van der Waals surface area contributed by atoms with E-state index in [4.69, 9.17) is 9.47 Å². The van der Waals surface area contributed by atoms with Crippen molar-refractivity contribution in [2.24, 2.45) is 0 Å². The fourth-order valence-electron chi connectivity index (χ4n) is 2.17. The van der Waals surface area contributed by atoms with Crippen LogP contribution < -0.4 is 9.47 Å². The van der Waals surface area contributed by atoms with E-state index in [1.54, 1.807) is 11.8 Å². The van der Waals surface area contributed by atoms with Gasteiger partial charge < -0.3 is 9.47 Å². The van der Waals surface area contributed by atoms with Crippen molar-refractivity contribution in [2.75, 3.05) is 13.2 Å². The van der Waals surface area contributed by atoms with E-state index in [1.807, 2.05) is 18.2 Å². The van der Waals surface area contributed by atoms with Gasteiger partial charge in [0.05, 0.1) is 5.25 Å². The van der Waals surface area contributed by atoms with Crippen LogP contribution in [0.2, 0.25) is 0 Å². The summed E-state index contributed by atoms with van der Waals surface area (Å²) in [6.45, 7) is 1.21. The molecule has 1 aliphatic carbocycles. The number of rotatable bonds is 2. The molecule has 17 heavy (non-hydrogen) atoms. The SMILES string of the molecule is O=C1CCC[C@H]1Sc1ccc2c(c1)OCCO2. The lowest BCUT2D eigenvalue weighted by Crippen LogP contribution is -2.15. The zero-order chi connectivity index (χ0) is 11.7. The molecule has 1 saturated carbocycles. The number of ketones is 1. The van der Waals surface area contributed by atoms with Gasteiger partial charge in [-0.25, -0.2) is 0 Å². The van der Waals surface area contributed by atoms with Gasteiger partial charge in [-0.05, 0) is 31.0 Å². The van der Waals surface area contributed by atoms with Gasteiger partial charge in [0.1, 0.15) is 19.0 Å². The van der Waals surface area contributed by atoms with Gasteiger partial charge in [-0.1, -0.05) is 0 Å². The Balaban J connectivity index is 1.77. The quantitative estimate of drug-likeness (QED) is 0.808. The minimum Gasteiger partial charge on any atom is -0.486 e. The van der Waals surface area contributed by atoms with Crippen LogP contribution in [0.15, 0.2) is 23.1 Å². The van der Waals surface area contributed by atoms with Gasteiger partial charge in [0, 0.05) is 11.3 Å². The molecule has 0 bridgehead atoms. The summed E-state index contributed by atoms with van der Waals surface area (Å²) in [4.78, 5) is 12.7. The second-order valence-corrected chi connectivity index (χ2v) is 5.55. The fourth-order valence-corrected chi connectivity index (χ4v) is 3.35.